The Labute approximate surface area is 174 Å². The summed E-state index contributed by atoms with van der Waals surface area (Å²) in [5, 5.41) is 0. The zero-order valence-electron chi connectivity index (χ0n) is 19.2. The Kier molecular flexibility index (Phi) is 5.85. The summed E-state index contributed by atoms with van der Waals surface area (Å²) in [4.78, 5) is 52.6. The number of fused-ring (bicyclic) bond motifs is 1. The molecule has 0 heterocycles. The van der Waals surface area contributed by atoms with E-state index in [1.807, 2.05) is 0 Å². The number of ketones is 2. The second kappa shape index (κ2) is 7.21. The van der Waals surface area contributed by atoms with Crippen LogP contribution >= 0.6 is 0 Å². The SMILES string of the molecule is CC(C)(C)OC(=O)C12CC(=O)CCCCC(=O)CC1(C(=O)OC(C)(C)C)C2(C)C. The first kappa shape index (κ1) is 23.6. The zero-order chi connectivity index (χ0) is 22.5. The van der Waals surface area contributed by atoms with Crippen molar-refractivity contribution in [3.63, 3.8) is 0 Å². The molecule has 2 aliphatic rings. The van der Waals surface area contributed by atoms with Crippen molar-refractivity contribution in [1.29, 1.82) is 0 Å². The average molecular weight is 409 g/mol. The summed E-state index contributed by atoms with van der Waals surface area (Å²) in [5.41, 5.74) is -5.32. The first-order valence-electron chi connectivity index (χ1n) is 10.5. The topological polar surface area (TPSA) is 86.7 Å². The molecule has 6 nitrogen and oxygen atoms in total. The van der Waals surface area contributed by atoms with Gasteiger partial charge in [-0.15, -0.1) is 0 Å². The van der Waals surface area contributed by atoms with Crippen molar-refractivity contribution in [1.82, 2.24) is 0 Å². The number of hydrogen-bond acceptors (Lipinski definition) is 6. The number of hydrogen-bond donors (Lipinski definition) is 0. The van der Waals surface area contributed by atoms with Crippen molar-refractivity contribution < 1.29 is 28.7 Å². The van der Waals surface area contributed by atoms with E-state index >= 15 is 0 Å². The number of rotatable bonds is 2. The maximum absolute atomic E-state index is 13.5. The van der Waals surface area contributed by atoms with Crippen molar-refractivity contribution in [2.24, 2.45) is 16.2 Å². The van der Waals surface area contributed by atoms with Gasteiger partial charge in [-0.1, -0.05) is 13.8 Å². The number of carbonyl (C=O) groups excluding carboxylic acids is 4. The van der Waals surface area contributed by atoms with Crippen LogP contribution in [0.25, 0.3) is 0 Å². The van der Waals surface area contributed by atoms with Crippen LogP contribution in [0.15, 0.2) is 0 Å². The molecule has 0 amide bonds. The van der Waals surface area contributed by atoms with Crippen LogP contribution in [0.1, 0.15) is 93.9 Å². The lowest BCUT2D eigenvalue weighted by Crippen LogP contribution is -2.40. The minimum atomic E-state index is -1.40. The molecule has 6 heteroatoms. The number of ether oxygens (including phenoxy) is 2. The van der Waals surface area contributed by atoms with Crippen LogP contribution in [0, 0.1) is 16.2 Å². The first-order chi connectivity index (χ1) is 13.0. The third kappa shape index (κ3) is 3.99. The van der Waals surface area contributed by atoms with Gasteiger partial charge in [0.2, 0.25) is 0 Å². The summed E-state index contributed by atoms with van der Waals surface area (Å²) < 4.78 is 11.4. The number of Topliss-reactive ketones (excluding diaryl/α,β-unsaturated/α-hetero) is 2. The van der Waals surface area contributed by atoms with E-state index in [1.54, 1.807) is 55.4 Å². The lowest BCUT2D eigenvalue weighted by Gasteiger charge is -2.29. The molecule has 2 fully saturated rings. The highest BCUT2D eigenvalue weighted by molar-refractivity contribution is 6.03. The van der Waals surface area contributed by atoms with E-state index in [1.165, 1.54) is 0 Å². The van der Waals surface area contributed by atoms with Gasteiger partial charge in [0.25, 0.3) is 0 Å². The second-order valence-corrected chi connectivity index (χ2v) is 11.1. The molecular weight excluding hydrogens is 372 g/mol. The highest BCUT2D eigenvalue weighted by Gasteiger charge is 2.91. The van der Waals surface area contributed by atoms with E-state index in [9.17, 15) is 19.2 Å². The van der Waals surface area contributed by atoms with E-state index in [4.69, 9.17) is 9.47 Å². The van der Waals surface area contributed by atoms with Crippen molar-refractivity contribution in [2.75, 3.05) is 0 Å². The molecule has 0 bridgehead atoms. The van der Waals surface area contributed by atoms with Gasteiger partial charge in [0.05, 0.1) is 10.8 Å². The van der Waals surface area contributed by atoms with Gasteiger partial charge < -0.3 is 9.47 Å². The standard InChI is InChI=1S/C23H36O6/c1-19(2,3)28-17(26)22-13-15(24)11-9-10-12-16(25)14-23(22,21(22,7)8)18(27)29-20(4,5)6/h9-14H2,1-8H3. The Bertz CT molecular complexity index is 661. The van der Waals surface area contributed by atoms with Gasteiger partial charge in [-0.25, -0.2) is 0 Å². The highest BCUT2D eigenvalue weighted by atomic mass is 16.6. The molecule has 0 aliphatic heterocycles. The molecule has 0 aromatic rings. The van der Waals surface area contributed by atoms with Gasteiger partial charge in [0.15, 0.2) is 0 Å². The second-order valence-electron chi connectivity index (χ2n) is 11.1. The zero-order valence-corrected chi connectivity index (χ0v) is 19.2. The third-order valence-electron chi connectivity index (χ3n) is 6.38. The van der Waals surface area contributed by atoms with Crippen LogP contribution in [0.4, 0.5) is 0 Å². The molecule has 0 radical (unpaired) electrons. The first-order valence-corrected chi connectivity index (χ1v) is 10.5. The predicted octanol–water partition coefficient (Wildman–Crippen LogP) is 4.17. The van der Waals surface area contributed by atoms with Gasteiger partial charge in [0.1, 0.15) is 22.8 Å². The summed E-state index contributed by atoms with van der Waals surface area (Å²) in [7, 11) is 0. The fraction of sp³-hybridized carbons (Fsp3) is 0.826. The smallest absolute Gasteiger partial charge is 0.314 e. The normalized spacial score (nSPS) is 30.2. The molecule has 0 saturated heterocycles. The molecule has 2 rings (SSSR count). The van der Waals surface area contributed by atoms with E-state index in [0.29, 0.717) is 12.8 Å². The molecule has 2 unspecified atom stereocenters. The predicted molar refractivity (Wildman–Crippen MR) is 108 cm³/mol. The molecular formula is C23H36O6. The van der Waals surface area contributed by atoms with Gasteiger partial charge in [0, 0.05) is 31.1 Å². The number of carbonyl (C=O) groups is 4. The van der Waals surface area contributed by atoms with Crippen LogP contribution in [0.3, 0.4) is 0 Å². The molecule has 0 N–H and O–H groups in total. The molecule has 164 valence electrons. The van der Waals surface area contributed by atoms with Crippen molar-refractivity contribution in [3.05, 3.63) is 0 Å². The van der Waals surface area contributed by atoms with Crippen LogP contribution in [0.2, 0.25) is 0 Å². The molecule has 0 aromatic carbocycles. The molecule has 2 aliphatic carbocycles. The van der Waals surface area contributed by atoms with Crippen LogP contribution in [0.5, 0.6) is 0 Å². The Morgan fingerprint density at radius 3 is 1.31 bits per heavy atom. The molecule has 29 heavy (non-hydrogen) atoms. The summed E-state index contributed by atoms with van der Waals surface area (Å²) in [6.07, 6.45) is 1.57. The van der Waals surface area contributed by atoms with Crippen LogP contribution in [-0.4, -0.2) is 34.7 Å². The summed E-state index contributed by atoms with van der Waals surface area (Å²) in [6, 6.07) is 0. The fourth-order valence-electron chi connectivity index (χ4n) is 4.95. The minimum Gasteiger partial charge on any atom is -0.459 e. The molecule has 2 saturated carbocycles. The largest absolute Gasteiger partial charge is 0.459 e. The van der Waals surface area contributed by atoms with Gasteiger partial charge >= 0.3 is 11.9 Å². The Morgan fingerprint density at radius 1 is 0.724 bits per heavy atom. The van der Waals surface area contributed by atoms with Crippen molar-refractivity contribution in [3.8, 4) is 0 Å². The summed E-state index contributed by atoms with van der Waals surface area (Å²) in [6.45, 7) is 14.0. The molecule has 0 spiro atoms. The van der Waals surface area contributed by atoms with Gasteiger partial charge in [-0.2, -0.15) is 0 Å². The van der Waals surface area contributed by atoms with E-state index in [-0.39, 0.29) is 37.2 Å². The average Bonchev–Trinajstić information content (AvgIpc) is 2.92. The van der Waals surface area contributed by atoms with Crippen LogP contribution < -0.4 is 0 Å². The quantitative estimate of drug-likeness (QED) is 0.637. The van der Waals surface area contributed by atoms with Gasteiger partial charge in [-0.05, 0) is 54.4 Å². The van der Waals surface area contributed by atoms with E-state index in [0.717, 1.165) is 0 Å². The third-order valence-corrected chi connectivity index (χ3v) is 6.38. The Balaban J connectivity index is 2.65. The Morgan fingerprint density at radius 2 is 1.03 bits per heavy atom. The lowest BCUT2D eigenvalue weighted by molar-refractivity contribution is -0.174. The van der Waals surface area contributed by atoms with E-state index in [2.05, 4.69) is 0 Å². The lowest BCUT2D eigenvalue weighted by atomic mass is 9.81. The van der Waals surface area contributed by atoms with Crippen LogP contribution in [-0.2, 0) is 28.7 Å². The van der Waals surface area contributed by atoms with E-state index < -0.39 is 39.4 Å². The highest BCUT2D eigenvalue weighted by Crippen LogP contribution is 2.82. The minimum absolute atomic E-state index is 0.0799. The maximum Gasteiger partial charge on any atom is 0.314 e. The molecule has 0 aromatic heterocycles. The maximum atomic E-state index is 13.5. The fourth-order valence-corrected chi connectivity index (χ4v) is 4.95. The Hall–Kier alpha value is -1.72. The molecule has 2 atom stereocenters. The van der Waals surface area contributed by atoms with Crippen molar-refractivity contribution >= 4 is 23.5 Å². The summed E-state index contributed by atoms with van der Waals surface area (Å²) in [5.74, 6) is -1.35. The van der Waals surface area contributed by atoms with Gasteiger partial charge in [-0.3, -0.25) is 19.2 Å². The van der Waals surface area contributed by atoms with Crippen molar-refractivity contribution in [2.45, 2.75) is 105 Å². The number of esters is 2. The monoisotopic (exact) mass is 408 g/mol. The summed E-state index contributed by atoms with van der Waals surface area (Å²) >= 11 is 0.